The Morgan fingerprint density at radius 2 is 1.60 bits per heavy atom. The highest BCUT2D eigenvalue weighted by atomic mass is 28.4. The number of aromatic nitrogens is 1. The Balaban J connectivity index is 1.75. The van der Waals surface area contributed by atoms with Gasteiger partial charge in [-0.2, -0.15) is 0 Å². The Labute approximate surface area is 241 Å². The number of nitrogens with zero attached hydrogens (tertiary/aromatic N) is 1. The number of pyridine rings is 1. The number of halogens is 2. The lowest BCUT2D eigenvalue weighted by Crippen LogP contribution is -2.44. The number of fused-ring (bicyclic) bond motifs is 4. The van der Waals surface area contributed by atoms with Crippen molar-refractivity contribution in [1.82, 2.24) is 4.98 Å². The van der Waals surface area contributed by atoms with Crippen LogP contribution in [0.2, 0.25) is 18.1 Å². The minimum Gasteiger partial charge on any atom is -0.410 e. The summed E-state index contributed by atoms with van der Waals surface area (Å²) in [6.07, 6.45) is 5.75. The standard InChI is InChI=1S/C34H49F2NO2Si/c1-21(2)29-27-28(26-24(37-29)19-32(6,7)20-25(26)39-40(9,10)31(3,4)5)34(17-11-12-18-34)38-30(27)22-13-15-23(16-14-22)33(8,35)36/h13-16,21,25,30H,11-12,17-20H2,1-10H3. The van der Waals surface area contributed by atoms with Crippen LogP contribution >= 0.6 is 0 Å². The summed E-state index contributed by atoms with van der Waals surface area (Å²) < 4.78 is 42.6. The van der Waals surface area contributed by atoms with Gasteiger partial charge in [0.05, 0.1) is 11.7 Å². The van der Waals surface area contributed by atoms with Crippen LogP contribution < -0.4 is 0 Å². The minimum absolute atomic E-state index is 0.0249. The van der Waals surface area contributed by atoms with Crippen molar-refractivity contribution in [2.45, 2.75) is 142 Å². The highest BCUT2D eigenvalue weighted by Crippen LogP contribution is 2.60. The smallest absolute Gasteiger partial charge is 0.270 e. The second kappa shape index (κ2) is 9.70. The molecule has 6 heteroatoms. The van der Waals surface area contributed by atoms with E-state index in [9.17, 15) is 8.78 Å². The first-order valence-corrected chi connectivity index (χ1v) is 18.2. The molecule has 1 aromatic carbocycles. The van der Waals surface area contributed by atoms with Crippen LogP contribution in [0.4, 0.5) is 8.78 Å². The quantitative estimate of drug-likeness (QED) is 0.336. The Hall–Kier alpha value is -1.63. The van der Waals surface area contributed by atoms with E-state index in [4.69, 9.17) is 14.1 Å². The van der Waals surface area contributed by atoms with Crippen LogP contribution in [0.25, 0.3) is 0 Å². The average Bonchev–Trinajstić information content (AvgIpc) is 3.41. The van der Waals surface area contributed by atoms with Crippen LogP contribution in [0.15, 0.2) is 24.3 Å². The number of alkyl halides is 2. The first-order chi connectivity index (χ1) is 18.4. The maximum Gasteiger partial charge on any atom is 0.270 e. The zero-order valence-corrected chi connectivity index (χ0v) is 27.3. The zero-order chi connectivity index (χ0) is 29.5. The van der Waals surface area contributed by atoms with Crippen LogP contribution in [-0.2, 0) is 27.1 Å². The monoisotopic (exact) mass is 569 g/mol. The topological polar surface area (TPSA) is 31.4 Å². The third-order valence-electron chi connectivity index (χ3n) is 10.1. The zero-order valence-electron chi connectivity index (χ0n) is 26.3. The van der Waals surface area contributed by atoms with Gasteiger partial charge in [0.2, 0.25) is 0 Å². The maximum atomic E-state index is 14.1. The van der Waals surface area contributed by atoms with E-state index < -0.39 is 14.2 Å². The Morgan fingerprint density at radius 3 is 2.12 bits per heavy atom. The van der Waals surface area contributed by atoms with E-state index in [1.807, 2.05) is 12.1 Å². The molecule has 1 fully saturated rings. The van der Waals surface area contributed by atoms with Crippen molar-refractivity contribution in [3.8, 4) is 0 Å². The predicted molar refractivity (Wildman–Crippen MR) is 161 cm³/mol. The maximum absolute atomic E-state index is 14.1. The summed E-state index contributed by atoms with van der Waals surface area (Å²) in [6, 6.07) is 6.80. The number of hydrogen-bond donors (Lipinski definition) is 0. The van der Waals surface area contributed by atoms with E-state index in [1.54, 1.807) is 12.1 Å². The van der Waals surface area contributed by atoms with Crippen LogP contribution in [-0.4, -0.2) is 13.3 Å². The minimum atomic E-state index is -2.87. The van der Waals surface area contributed by atoms with Gasteiger partial charge in [0, 0.05) is 35.0 Å². The molecular weight excluding hydrogens is 520 g/mol. The molecule has 2 aromatic rings. The van der Waals surface area contributed by atoms with E-state index >= 15 is 0 Å². The Morgan fingerprint density at radius 1 is 1.00 bits per heavy atom. The first kappa shape index (κ1) is 29.8. The molecule has 0 saturated heterocycles. The van der Waals surface area contributed by atoms with Crippen molar-refractivity contribution < 1.29 is 17.9 Å². The summed E-state index contributed by atoms with van der Waals surface area (Å²) in [4.78, 5) is 5.45. The van der Waals surface area contributed by atoms with Gasteiger partial charge >= 0.3 is 0 Å². The molecule has 3 nitrogen and oxygen atoms in total. The highest BCUT2D eigenvalue weighted by molar-refractivity contribution is 6.74. The summed E-state index contributed by atoms with van der Waals surface area (Å²) >= 11 is 0. The van der Waals surface area contributed by atoms with Crippen molar-refractivity contribution in [1.29, 1.82) is 0 Å². The molecule has 0 N–H and O–H groups in total. The summed E-state index contributed by atoms with van der Waals surface area (Å²) in [6.45, 7) is 21.7. The largest absolute Gasteiger partial charge is 0.410 e. The van der Waals surface area contributed by atoms with Gasteiger partial charge in [-0.25, -0.2) is 8.78 Å². The first-order valence-electron chi connectivity index (χ1n) is 15.3. The van der Waals surface area contributed by atoms with Crippen LogP contribution in [0, 0.1) is 5.41 Å². The molecule has 1 aliphatic heterocycles. The summed E-state index contributed by atoms with van der Waals surface area (Å²) in [5, 5.41) is 0.0936. The van der Waals surface area contributed by atoms with Gasteiger partial charge in [-0.15, -0.1) is 0 Å². The Kier molecular flexibility index (Phi) is 7.24. The second-order valence-electron chi connectivity index (χ2n) is 15.4. The number of hydrogen-bond acceptors (Lipinski definition) is 3. The second-order valence-corrected chi connectivity index (χ2v) is 20.2. The van der Waals surface area contributed by atoms with E-state index in [0.717, 1.165) is 56.7 Å². The lowest BCUT2D eigenvalue weighted by molar-refractivity contribution is -0.0580. The molecule has 5 rings (SSSR count). The molecule has 1 saturated carbocycles. The van der Waals surface area contributed by atoms with Gasteiger partial charge in [0.15, 0.2) is 8.32 Å². The molecule has 3 aliphatic rings. The summed E-state index contributed by atoms with van der Waals surface area (Å²) in [5.41, 5.74) is 6.73. The van der Waals surface area contributed by atoms with E-state index in [1.165, 1.54) is 22.4 Å². The van der Waals surface area contributed by atoms with Gasteiger partial charge in [0.25, 0.3) is 5.92 Å². The molecule has 1 aromatic heterocycles. The molecule has 2 aliphatic carbocycles. The van der Waals surface area contributed by atoms with Gasteiger partial charge in [-0.05, 0) is 66.3 Å². The van der Waals surface area contributed by atoms with Crippen LogP contribution in [0.5, 0.6) is 0 Å². The van der Waals surface area contributed by atoms with E-state index in [-0.39, 0.29) is 39.7 Å². The van der Waals surface area contributed by atoms with E-state index in [2.05, 4.69) is 61.6 Å². The molecule has 40 heavy (non-hydrogen) atoms. The fourth-order valence-corrected chi connectivity index (χ4v) is 8.23. The van der Waals surface area contributed by atoms with Crippen molar-refractivity contribution >= 4 is 8.32 Å². The van der Waals surface area contributed by atoms with Gasteiger partial charge in [-0.3, -0.25) is 4.98 Å². The van der Waals surface area contributed by atoms with E-state index in [0.29, 0.717) is 0 Å². The van der Waals surface area contributed by atoms with Crippen LogP contribution in [0.3, 0.4) is 0 Å². The fourth-order valence-electron chi connectivity index (χ4n) is 6.97. The molecule has 2 unspecified atom stereocenters. The van der Waals surface area contributed by atoms with Crippen molar-refractivity contribution in [2.24, 2.45) is 5.41 Å². The van der Waals surface area contributed by atoms with Gasteiger partial charge < -0.3 is 9.16 Å². The van der Waals surface area contributed by atoms with Gasteiger partial charge in [-0.1, -0.05) is 85.6 Å². The predicted octanol–water partition coefficient (Wildman–Crippen LogP) is 10.2. The molecule has 0 bridgehead atoms. The fraction of sp³-hybridized carbons (Fsp3) is 0.676. The van der Waals surface area contributed by atoms with Gasteiger partial charge in [0.1, 0.15) is 6.10 Å². The third-order valence-corrected chi connectivity index (χ3v) is 14.6. The summed E-state index contributed by atoms with van der Waals surface area (Å²) in [5.74, 6) is -2.66. The average molecular weight is 570 g/mol. The van der Waals surface area contributed by atoms with Crippen LogP contribution in [0.1, 0.15) is 145 Å². The Bertz CT molecular complexity index is 1260. The lowest BCUT2D eigenvalue weighted by atomic mass is 9.70. The van der Waals surface area contributed by atoms with Crippen molar-refractivity contribution in [3.63, 3.8) is 0 Å². The highest BCUT2D eigenvalue weighted by Gasteiger charge is 2.54. The molecule has 0 amide bonds. The summed E-state index contributed by atoms with van der Waals surface area (Å²) in [7, 11) is -2.09. The molecule has 220 valence electrons. The molecule has 0 radical (unpaired) electrons. The third kappa shape index (κ3) is 5.11. The molecule has 2 heterocycles. The number of ether oxygens (including phenoxy) is 1. The normalized spacial score (nSPS) is 24.0. The molecule has 2 atom stereocenters. The lowest BCUT2D eigenvalue weighted by Gasteiger charge is -2.45. The van der Waals surface area contributed by atoms with Crippen molar-refractivity contribution in [2.75, 3.05) is 0 Å². The molecule has 1 spiro atoms. The molecular formula is C34H49F2NO2Si. The van der Waals surface area contributed by atoms with Crippen molar-refractivity contribution in [3.05, 3.63) is 63.5 Å². The number of benzene rings is 1. The number of rotatable bonds is 5. The SMILES string of the molecule is CC(C)c1nc2c(c3c1C(c1ccc(C(C)(F)F)cc1)OC31CCCC1)C(O[Si](C)(C)C(C)(C)C)CC(C)(C)C2.